The normalized spacial score (nSPS) is 17.2. The summed E-state index contributed by atoms with van der Waals surface area (Å²) in [6, 6.07) is 15.4. The molecular weight excluding hydrogens is 392 g/mol. The number of nitrogens with one attached hydrogen (secondary N) is 1. The summed E-state index contributed by atoms with van der Waals surface area (Å²) in [5.74, 6) is -1.39. The van der Waals surface area contributed by atoms with Crippen molar-refractivity contribution in [2.24, 2.45) is 5.92 Å². The SMILES string of the molecule is CCc1cccc2c(C(=O)COC(=O)[C@@H]3CC(=O)N([C@H](C)c4ccccc4)C3)c[nH]c12. The number of fused-ring (bicyclic) bond motifs is 1. The third-order valence-electron chi connectivity index (χ3n) is 6.07. The molecule has 2 atom stereocenters. The number of esters is 1. The highest BCUT2D eigenvalue weighted by atomic mass is 16.5. The van der Waals surface area contributed by atoms with Crippen molar-refractivity contribution in [2.75, 3.05) is 13.2 Å². The summed E-state index contributed by atoms with van der Waals surface area (Å²) in [6.45, 7) is 3.98. The molecule has 0 radical (unpaired) electrons. The van der Waals surface area contributed by atoms with Crippen LogP contribution in [-0.2, 0) is 20.7 Å². The van der Waals surface area contributed by atoms with Gasteiger partial charge in [0.05, 0.1) is 12.0 Å². The van der Waals surface area contributed by atoms with Crippen molar-refractivity contribution >= 4 is 28.6 Å². The molecule has 1 amide bonds. The first-order valence-corrected chi connectivity index (χ1v) is 10.6. The molecule has 0 bridgehead atoms. The standard InChI is InChI=1S/C25H26N2O4/c1-3-17-10-7-11-20-21(13-26-24(17)20)22(28)15-31-25(30)19-12-23(29)27(14-19)16(2)18-8-5-4-6-9-18/h4-11,13,16,19,26H,3,12,14-15H2,1-2H3/t16-,19-/m1/s1. The molecule has 2 heterocycles. The average Bonchev–Trinajstić information content (AvgIpc) is 3.41. The number of carbonyl (C=O) groups excluding carboxylic acids is 3. The van der Waals surface area contributed by atoms with E-state index in [1.54, 1.807) is 11.1 Å². The van der Waals surface area contributed by atoms with Gasteiger partial charge in [0, 0.05) is 35.6 Å². The van der Waals surface area contributed by atoms with Gasteiger partial charge in [0.2, 0.25) is 11.7 Å². The van der Waals surface area contributed by atoms with Crippen LogP contribution in [0.1, 0.15) is 47.8 Å². The summed E-state index contributed by atoms with van der Waals surface area (Å²) < 4.78 is 5.32. The van der Waals surface area contributed by atoms with Crippen LogP contribution in [-0.4, -0.2) is 40.7 Å². The van der Waals surface area contributed by atoms with E-state index in [1.165, 1.54) is 0 Å². The van der Waals surface area contributed by atoms with Crippen LogP contribution in [0.15, 0.2) is 54.7 Å². The van der Waals surface area contributed by atoms with Gasteiger partial charge in [-0.2, -0.15) is 0 Å². The summed E-state index contributed by atoms with van der Waals surface area (Å²) in [7, 11) is 0. The molecule has 1 N–H and O–H groups in total. The van der Waals surface area contributed by atoms with Crippen molar-refractivity contribution < 1.29 is 19.1 Å². The van der Waals surface area contributed by atoms with Crippen molar-refractivity contribution in [2.45, 2.75) is 32.7 Å². The number of aryl methyl sites for hydroxylation is 1. The number of H-pyrrole nitrogens is 1. The highest BCUT2D eigenvalue weighted by Gasteiger charge is 2.38. The number of carbonyl (C=O) groups is 3. The Morgan fingerprint density at radius 2 is 1.94 bits per heavy atom. The predicted octanol–water partition coefficient (Wildman–Crippen LogP) is 4.07. The molecule has 0 aliphatic carbocycles. The number of benzene rings is 2. The summed E-state index contributed by atoms with van der Waals surface area (Å²) in [5.41, 5.74) is 3.60. The van der Waals surface area contributed by atoms with E-state index in [0.29, 0.717) is 12.1 Å². The van der Waals surface area contributed by atoms with Crippen LogP contribution in [0.3, 0.4) is 0 Å². The van der Waals surface area contributed by atoms with Gasteiger partial charge in [-0.05, 0) is 24.5 Å². The molecule has 2 aromatic carbocycles. The van der Waals surface area contributed by atoms with Crippen LogP contribution < -0.4 is 0 Å². The number of hydrogen-bond donors (Lipinski definition) is 1. The minimum absolute atomic E-state index is 0.0756. The molecule has 1 saturated heterocycles. The fraction of sp³-hybridized carbons (Fsp3) is 0.320. The van der Waals surface area contributed by atoms with Crippen LogP contribution >= 0.6 is 0 Å². The van der Waals surface area contributed by atoms with E-state index in [9.17, 15) is 14.4 Å². The Hall–Kier alpha value is -3.41. The lowest BCUT2D eigenvalue weighted by molar-refractivity contribution is -0.147. The molecule has 0 saturated carbocycles. The molecule has 6 nitrogen and oxygen atoms in total. The van der Waals surface area contributed by atoms with E-state index in [1.807, 2.05) is 55.5 Å². The number of para-hydroxylation sites is 1. The van der Waals surface area contributed by atoms with Gasteiger partial charge in [0.25, 0.3) is 0 Å². The zero-order valence-electron chi connectivity index (χ0n) is 17.8. The van der Waals surface area contributed by atoms with E-state index in [2.05, 4.69) is 11.9 Å². The van der Waals surface area contributed by atoms with Crippen LogP contribution in [0.4, 0.5) is 0 Å². The predicted molar refractivity (Wildman–Crippen MR) is 118 cm³/mol. The number of nitrogens with zero attached hydrogens (tertiary/aromatic N) is 1. The van der Waals surface area contributed by atoms with Gasteiger partial charge in [-0.15, -0.1) is 0 Å². The molecule has 1 aromatic heterocycles. The third kappa shape index (κ3) is 4.10. The molecule has 3 aromatic rings. The van der Waals surface area contributed by atoms with Gasteiger partial charge in [0.1, 0.15) is 0 Å². The van der Waals surface area contributed by atoms with Crippen molar-refractivity contribution in [1.29, 1.82) is 0 Å². The maximum atomic E-state index is 12.7. The number of Topliss-reactive ketones (excluding diaryl/α,β-unsaturated/α-hetero) is 1. The monoisotopic (exact) mass is 418 g/mol. The Morgan fingerprint density at radius 1 is 1.16 bits per heavy atom. The third-order valence-corrected chi connectivity index (χ3v) is 6.07. The molecular formula is C25H26N2O4. The highest BCUT2D eigenvalue weighted by Crippen LogP contribution is 2.29. The van der Waals surface area contributed by atoms with Crippen molar-refractivity contribution in [3.63, 3.8) is 0 Å². The minimum atomic E-state index is -0.555. The van der Waals surface area contributed by atoms with Gasteiger partial charge in [-0.1, -0.05) is 55.5 Å². The molecule has 31 heavy (non-hydrogen) atoms. The fourth-order valence-electron chi connectivity index (χ4n) is 4.25. The number of likely N-dealkylation sites (tertiary alicyclic amines) is 1. The average molecular weight is 418 g/mol. The van der Waals surface area contributed by atoms with Gasteiger partial charge in [0.15, 0.2) is 6.61 Å². The van der Waals surface area contributed by atoms with E-state index in [0.717, 1.165) is 28.5 Å². The lowest BCUT2D eigenvalue weighted by Crippen LogP contribution is -2.30. The lowest BCUT2D eigenvalue weighted by Gasteiger charge is -2.25. The molecule has 1 aliphatic rings. The van der Waals surface area contributed by atoms with Crippen LogP contribution in [0.25, 0.3) is 10.9 Å². The van der Waals surface area contributed by atoms with Crippen molar-refractivity contribution in [1.82, 2.24) is 9.88 Å². The first kappa shape index (κ1) is 20.8. The Morgan fingerprint density at radius 3 is 2.68 bits per heavy atom. The van der Waals surface area contributed by atoms with Crippen LogP contribution in [0.5, 0.6) is 0 Å². The zero-order chi connectivity index (χ0) is 22.0. The van der Waals surface area contributed by atoms with Gasteiger partial charge in [-0.3, -0.25) is 14.4 Å². The van der Waals surface area contributed by atoms with E-state index < -0.39 is 11.9 Å². The first-order valence-electron chi connectivity index (χ1n) is 10.6. The summed E-state index contributed by atoms with van der Waals surface area (Å²) in [5, 5.41) is 0.833. The lowest BCUT2D eigenvalue weighted by atomic mass is 10.1. The largest absolute Gasteiger partial charge is 0.457 e. The molecule has 6 heteroatoms. The van der Waals surface area contributed by atoms with E-state index in [4.69, 9.17) is 4.74 Å². The molecule has 160 valence electrons. The molecule has 1 aliphatic heterocycles. The summed E-state index contributed by atoms with van der Waals surface area (Å²) in [6.07, 6.45) is 2.63. The first-order chi connectivity index (χ1) is 15.0. The van der Waals surface area contributed by atoms with Gasteiger partial charge >= 0.3 is 5.97 Å². The van der Waals surface area contributed by atoms with E-state index in [-0.39, 0.29) is 30.8 Å². The maximum absolute atomic E-state index is 12.7. The number of aromatic amines is 1. The minimum Gasteiger partial charge on any atom is -0.457 e. The Balaban J connectivity index is 1.38. The van der Waals surface area contributed by atoms with Crippen LogP contribution in [0.2, 0.25) is 0 Å². The topological polar surface area (TPSA) is 79.5 Å². The van der Waals surface area contributed by atoms with E-state index >= 15 is 0 Å². The summed E-state index contributed by atoms with van der Waals surface area (Å²) in [4.78, 5) is 42.6. The number of rotatable bonds is 7. The number of amides is 1. The number of ketones is 1. The molecule has 0 spiro atoms. The Kier molecular flexibility index (Phi) is 5.89. The number of aromatic nitrogens is 1. The zero-order valence-corrected chi connectivity index (χ0v) is 17.8. The quantitative estimate of drug-likeness (QED) is 0.463. The van der Waals surface area contributed by atoms with Crippen LogP contribution in [0, 0.1) is 5.92 Å². The second-order valence-corrected chi connectivity index (χ2v) is 7.96. The highest BCUT2D eigenvalue weighted by molar-refractivity contribution is 6.09. The Bertz CT molecular complexity index is 1120. The maximum Gasteiger partial charge on any atom is 0.311 e. The fourth-order valence-corrected chi connectivity index (χ4v) is 4.25. The van der Waals surface area contributed by atoms with Gasteiger partial charge < -0.3 is 14.6 Å². The Labute approximate surface area is 181 Å². The van der Waals surface area contributed by atoms with Crippen molar-refractivity contribution in [3.8, 4) is 0 Å². The molecule has 1 fully saturated rings. The molecule has 0 unspecified atom stereocenters. The molecule has 4 rings (SSSR count). The second kappa shape index (κ2) is 8.76. The van der Waals surface area contributed by atoms with Gasteiger partial charge in [-0.25, -0.2) is 0 Å². The number of hydrogen-bond acceptors (Lipinski definition) is 4. The second-order valence-electron chi connectivity index (χ2n) is 7.96. The smallest absolute Gasteiger partial charge is 0.311 e. The number of ether oxygens (including phenoxy) is 1. The summed E-state index contributed by atoms with van der Waals surface area (Å²) >= 11 is 0. The van der Waals surface area contributed by atoms with Crippen molar-refractivity contribution in [3.05, 3.63) is 71.4 Å².